The van der Waals surface area contributed by atoms with Crippen molar-refractivity contribution in [3.63, 3.8) is 0 Å². The molecule has 1 fully saturated rings. The number of hydrogen-bond donors (Lipinski definition) is 1. The lowest BCUT2D eigenvalue weighted by atomic mass is 10.1. The first kappa shape index (κ1) is 11.3. The van der Waals surface area contributed by atoms with Gasteiger partial charge in [-0.1, -0.05) is 0 Å². The lowest BCUT2D eigenvalue weighted by molar-refractivity contribution is 0.114. The summed E-state index contributed by atoms with van der Waals surface area (Å²) in [6.45, 7) is 7.95. The van der Waals surface area contributed by atoms with Crippen molar-refractivity contribution >= 4 is 5.96 Å². The normalized spacial score (nSPS) is 24.4. The van der Waals surface area contributed by atoms with E-state index in [4.69, 9.17) is 10.5 Å². The molecular weight excluding hydrogens is 178 g/mol. The number of methoxy groups -OCH3 is 1. The summed E-state index contributed by atoms with van der Waals surface area (Å²) in [6, 6.07) is 0. The average Bonchev–Trinajstić information content (AvgIpc) is 2.48. The molecule has 0 aromatic rings. The van der Waals surface area contributed by atoms with Crippen LogP contribution in [0.4, 0.5) is 0 Å². The molecule has 0 saturated carbocycles. The predicted octanol–water partition coefficient (Wildman–Crippen LogP) is 0.820. The van der Waals surface area contributed by atoms with Crippen molar-refractivity contribution < 1.29 is 4.74 Å². The van der Waals surface area contributed by atoms with Crippen LogP contribution < -0.4 is 5.73 Å². The molecule has 2 N–H and O–H groups in total. The third-order valence-corrected chi connectivity index (χ3v) is 2.25. The number of likely N-dealkylation sites (tertiary alicyclic amines) is 1. The van der Waals surface area contributed by atoms with E-state index in [-0.39, 0.29) is 5.54 Å². The van der Waals surface area contributed by atoms with E-state index in [0.717, 1.165) is 19.5 Å². The van der Waals surface area contributed by atoms with Gasteiger partial charge in [-0.15, -0.1) is 0 Å². The highest BCUT2D eigenvalue weighted by Gasteiger charge is 2.24. The fraction of sp³-hybridized carbons (Fsp3) is 0.900. The molecular formula is C10H21N3O. The molecule has 1 saturated heterocycles. The highest BCUT2D eigenvalue weighted by molar-refractivity contribution is 5.78. The van der Waals surface area contributed by atoms with Crippen LogP contribution in [-0.4, -0.2) is 42.7 Å². The molecule has 4 nitrogen and oxygen atoms in total. The maximum Gasteiger partial charge on any atom is 0.191 e. The number of rotatable bonds is 1. The smallest absolute Gasteiger partial charge is 0.191 e. The molecule has 14 heavy (non-hydrogen) atoms. The second kappa shape index (κ2) is 4.17. The standard InChI is InChI=1S/C10H21N3O/c1-10(2,3)12-9(11)13-6-5-8(7-13)14-4/h8H,5-7H2,1-4H3,(H2,11,12). The highest BCUT2D eigenvalue weighted by atomic mass is 16.5. The lowest BCUT2D eigenvalue weighted by Gasteiger charge is -2.21. The summed E-state index contributed by atoms with van der Waals surface area (Å²) in [5.41, 5.74) is 5.80. The molecule has 0 radical (unpaired) electrons. The Morgan fingerprint density at radius 3 is 2.57 bits per heavy atom. The Hall–Kier alpha value is -0.770. The first-order chi connectivity index (χ1) is 6.42. The van der Waals surface area contributed by atoms with Crippen molar-refractivity contribution in [2.24, 2.45) is 10.7 Å². The fourth-order valence-electron chi connectivity index (χ4n) is 1.54. The summed E-state index contributed by atoms with van der Waals surface area (Å²) in [5, 5.41) is 0. The maximum absolute atomic E-state index is 5.90. The van der Waals surface area contributed by atoms with Crippen molar-refractivity contribution in [2.45, 2.75) is 38.8 Å². The first-order valence-electron chi connectivity index (χ1n) is 5.05. The van der Waals surface area contributed by atoms with Crippen LogP contribution in [0.15, 0.2) is 4.99 Å². The third kappa shape index (κ3) is 3.18. The third-order valence-electron chi connectivity index (χ3n) is 2.25. The Kier molecular flexibility index (Phi) is 3.37. The summed E-state index contributed by atoms with van der Waals surface area (Å²) >= 11 is 0. The van der Waals surface area contributed by atoms with Crippen LogP contribution >= 0.6 is 0 Å². The van der Waals surface area contributed by atoms with Crippen LogP contribution in [0.3, 0.4) is 0 Å². The van der Waals surface area contributed by atoms with E-state index in [2.05, 4.69) is 9.89 Å². The van der Waals surface area contributed by atoms with Gasteiger partial charge in [-0.3, -0.25) is 0 Å². The molecule has 1 aliphatic rings. The predicted molar refractivity (Wildman–Crippen MR) is 58.4 cm³/mol. The van der Waals surface area contributed by atoms with Crippen LogP contribution in [0, 0.1) is 0 Å². The molecule has 1 aliphatic heterocycles. The second-order valence-electron chi connectivity index (χ2n) is 4.73. The van der Waals surface area contributed by atoms with E-state index >= 15 is 0 Å². The van der Waals surface area contributed by atoms with Gasteiger partial charge in [-0.05, 0) is 27.2 Å². The van der Waals surface area contributed by atoms with E-state index in [9.17, 15) is 0 Å². The minimum absolute atomic E-state index is 0.102. The maximum atomic E-state index is 5.90. The van der Waals surface area contributed by atoms with Gasteiger partial charge in [0.05, 0.1) is 11.6 Å². The minimum Gasteiger partial charge on any atom is -0.380 e. The van der Waals surface area contributed by atoms with E-state index in [1.165, 1.54) is 0 Å². The molecule has 0 aliphatic carbocycles. The van der Waals surface area contributed by atoms with Gasteiger partial charge in [0, 0.05) is 20.2 Å². The van der Waals surface area contributed by atoms with Gasteiger partial charge in [0.2, 0.25) is 0 Å². The van der Waals surface area contributed by atoms with Crippen molar-refractivity contribution in [3.8, 4) is 0 Å². The van der Waals surface area contributed by atoms with Gasteiger partial charge in [0.1, 0.15) is 0 Å². The highest BCUT2D eigenvalue weighted by Crippen LogP contribution is 2.13. The summed E-state index contributed by atoms with van der Waals surface area (Å²) in [6.07, 6.45) is 1.35. The number of hydrogen-bond acceptors (Lipinski definition) is 2. The largest absolute Gasteiger partial charge is 0.380 e. The molecule has 0 bridgehead atoms. The van der Waals surface area contributed by atoms with Gasteiger partial charge in [0.15, 0.2) is 5.96 Å². The molecule has 0 amide bonds. The Labute approximate surface area is 86.1 Å². The van der Waals surface area contributed by atoms with Gasteiger partial charge >= 0.3 is 0 Å². The second-order valence-corrected chi connectivity index (χ2v) is 4.73. The molecule has 0 aromatic heterocycles. The molecule has 0 spiro atoms. The van der Waals surface area contributed by atoms with Gasteiger partial charge < -0.3 is 15.4 Å². The monoisotopic (exact) mass is 199 g/mol. The SMILES string of the molecule is COC1CCN(C(N)=NC(C)(C)C)C1. The molecule has 1 atom stereocenters. The zero-order valence-electron chi connectivity index (χ0n) is 9.58. The van der Waals surface area contributed by atoms with Crippen LogP contribution in [-0.2, 0) is 4.74 Å². The Bertz CT molecular complexity index is 220. The minimum atomic E-state index is -0.102. The van der Waals surface area contributed by atoms with Crippen LogP contribution in [0.2, 0.25) is 0 Å². The van der Waals surface area contributed by atoms with Crippen LogP contribution in [0.25, 0.3) is 0 Å². The number of aliphatic imine (C=N–C) groups is 1. The Balaban J connectivity index is 2.55. The molecule has 4 heteroatoms. The number of nitrogens with zero attached hydrogens (tertiary/aromatic N) is 2. The topological polar surface area (TPSA) is 50.9 Å². The summed E-state index contributed by atoms with van der Waals surface area (Å²) in [4.78, 5) is 6.51. The molecule has 1 rings (SSSR count). The number of guanidine groups is 1. The average molecular weight is 199 g/mol. The zero-order chi connectivity index (χ0) is 10.8. The van der Waals surface area contributed by atoms with Gasteiger partial charge in [0.25, 0.3) is 0 Å². The van der Waals surface area contributed by atoms with Crippen molar-refractivity contribution in [3.05, 3.63) is 0 Å². The lowest BCUT2D eigenvalue weighted by Crippen LogP contribution is -2.38. The Morgan fingerprint density at radius 2 is 2.14 bits per heavy atom. The van der Waals surface area contributed by atoms with Gasteiger partial charge in [-0.25, -0.2) is 4.99 Å². The Morgan fingerprint density at radius 1 is 1.50 bits per heavy atom. The fourth-order valence-corrected chi connectivity index (χ4v) is 1.54. The first-order valence-corrected chi connectivity index (χ1v) is 5.05. The van der Waals surface area contributed by atoms with E-state index in [1.54, 1.807) is 7.11 Å². The molecule has 0 aromatic carbocycles. The van der Waals surface area contributed by atoms with E-state index < -0.39 is 0 Å². The van der Waals surface area contributed by atoms with Crippen LogP contribution in [0.5, 0.6) is 0 Å². The summed E-state index contributed by atoms with van der Waals surface area (Å²) in [5.74, 6) is 0.636. The summed E-state index contributed by atoms with van der Waals surface area (Å²) < 4.78 is 5.27. The molecule has 82 valence electrons. The van der Waals surface area contributed by atoms with Crippen molar-refractivity contribution in [1.29, 1.82) is 0 Å². The summed E-state index contributed by atoms with van der Waals surface area (Å²) in [7, 11) is 1.74. The van der Waals surface area contributed by atoms with Crippen molar-refractivity contribution in [1.82, 2.24) is 4.90 Å². The van der Waals surface area contributed by atoms with Gasteiger partial charge in [-0.2, -0.15) is 0 Å². The number of ether oxygens (including phenoxy) is 1. The quantitative estimate of drug-likeness (QED) is 0.502. The van der Waals surface area contributed by atoms with Crippen molar-refractivity contribution in [2.75, 3.05) is 20.2 Å². The van der Waals surface area contributed by atoms with Crippen LogP contribution in [0.1, 0.15) is 27.2 Å². The van der Waals surface area contributed by atoms with E-state index in [1.807, 2.05) is 20.8 Å². The van der Waals surface area contributed by atoms with E-state index in [0.29, 0.717) is 12.1 Å². The molecule has 1 unspecified atom stereocenters. The number of nitrogens with two attached hydrogens (primary N) is 1. The molecule has 1 heterocycles. The zero-order valence-corrected chi connectivity index (χ0v) is 9.58.